The van der Waals surface area contributed by atoms with Crippen LogP contribution in [0.3, 0.4) is 0 Å². The quantitative estimate of drug-likeness (QED) is 0.429. The second-order valence-corrected chi connectivity index (χ2v) is 6.05. The van der Waals surface area contributed by atoms with Gasteiger partial charge in [-0.05, 0) is 12.1 Å². The van der Waals surface area contributed by atoms with Crippen molar-refractivity contribution in [2.24, 2.45) is 0 Å². The largest absolute Gasteiger partial charge is 0.328 e. The second kappa shape index (κ2) is 6.89. The molecule has 146 valence electrons. The molecule has 0 unspecified atom stereocenters. The van der Waals surface area contributed by atoms with Gasteiger partial charge in [-0.25, -0.2) is 0 Å². The summed E-state index contributed by atoms with van der Waals surface area (Å²) in [7, 11) is 3.22. The molecular weight excluding hydrogens is 384 g/mol. The summed E-state index contributed by atoms with van der Waals surface area (Å²) in [5, 5.41) is 44.1. The van der Waals surface area contributed by atoms with Crippen LogP contribution < -0.4 is 9.80 Å². The molecule has 0 spiro atoms. The number of non-ortho nitro benzene ring substituents is 1. The highest BCUT2D eigenvalue weighted by Gasteiger charge is 2.38. The number of para-hydroxylation sites is 2. The fraction of sp³-hybridized carbons (Fsp3) is 0.118. The molecule has 3 rings (SSSR count). The first-order chi connectivity index (χ1) is 13.7. The van der Waals surface area contributed by atoms with Gasteiger partial charge in [-0.2, -0.15) is 5.26 Å². The molecule has 0 saturated heterocycles. The molecule has 12 nitrogen and oxygen atoms in total. The Morgan fingerprint density at radius 1 is 0.897 bits per heavy atom. The standard InChI is InChI=1S/C17H12N6O6/c1-19-12-5-3-4-6-13(12)20(2)17(19)11(9-18)16-14(22(26)27)7-10(21(24)25)8-15(16)23(28)29/h3-8H,1-2H3. The van der Waals surface area contributed by atoms with Crippen molar-refractivity contribution >= 4 is 34.0 Å². The maximum absolute atomic E-state index is 11.6. The Hall–Kier alpha value is -4.53. The van der Waals surface area contributed by atoms with Gasteiger partial charge in [0.25, 0.3) is 17.1 Å². The van der Waals surface area contributed by atoms with Gasteiger partial charge in [0.1, 0.15) is 17.5 Å². The first-order valence-electron chi connectivity index (χ1n) is 8.01. The molecule has 2 aromatic rings. The predicted molar refractivity (Wildman–Crippen MR) is 102 cm³/mol. The van der Waals surface area contributed by atoms with Crippen molar-refractivity contribution < 1.29 is 14.8 Å². The van der Waals surface area contributed by atoms with E-state index in [4.69, 9.17) is 0 Å². The smallest absolute Gasteiger partial charge is 0.291 e. The highest BCUT2D eigenvalue weighted by atomic mass is 16.6. The van der Waals surface area contributed by atoms with Gasteiger partial charge in [0.05, 0.1) is 38.3 Å². The van der Waals surface area contributed by atoms with Gasteiger partial charge >= 0.3 is 0 Å². The van der Waals surface area contributed by atoms with Crippen molar-refractivity contribution in [3.63, 3.8) is 0 Å². The number of hydrogen-bond donors (Lipinski definition) is 0. The van der Waals surface area contributed by atoms with Crippen LogP contribution in [0, 0.1) is 41.7 Å². The van der Waals surface area contributed by atoms with Crippen LogP contribution >= 0.6 is 0 Å². The van der Waals surface area contributed by atoms with E-state index in [-0.39, 0.29) is 11.4 Å². The monoisotopic (exact) mass is 396 g/mol. The zero-order valence-corrected chi connectivity index (χ0v) is 15.1. The highest BCUT2D eigenvalue weighted by molar-refractivity contribution is 5.96. The molecule has 0 saturated carbocycles. The van der Waals surface area contributed by atoms with E-state index in [1.807, 2.05) is 6.07 Å². The molecule has 0 radical (unpaired) electrons. The molecule has 0 N–H and O–H groups in total. The lowest BCUT2D eigenvalue weighted by Crippen LogP contribution is -2.24. The molecule has 1 aliphatic rings. The molecule has 0 amide bonds. The van der Waals surface area contributed by atoms with Gasteiger partial charge in [0.15, 0.2) is 5.56 Å². The molecule has 0 bridgehead atoms. The second-order valence-electron chi connectivity index (χ2n) is 6.05. The molecule has 0 aromatic heterocycles. The van der Waals surface area contributed by atoms with Gasteiger partial charge in [-0.1, -0.05) is 12.1 Å². The van der Waals surface area contributed by atoms with Gasteiger partial charge in [-0.15, -0.1) is 0 Å². The Morgan fingerprint density at radius 3 is 1.69 bits per heavy atom. The number of nitro benzene ring substituents is 3. The Labute approximate surface area is 162 Å². The van der Waals surface area contributed by atoms with Crippen LogP contribution in [-0.2, 0) is 0 Å². The van der Waals surface area contributed by atoms with Gasteiger partial charge in [0, 0.05) is 14.1 Å². The minimum absolute atomic E-state index is 0.175. The van der Waals surface area contributed by atoms with Crippen molar-refractivity contribution in [1.29, 1.82) is 5.26 Å². The molecule has 0 atom stereocenters. The van der Waals surface area contributed by atoms with Crippen LogP contribution in [0.25, 0.3) is 5.57 Å². The SMILES string of the molecule is CN1C(=C(C#N)c2c([N+](=O)[O-])cc([N+](=O)[O-])cc2[N+](=O)[O-])N(C)c2ccccc21. The van der Waals surface area contributed by atoms with Gasteiger partial charge in [-0.3, -0.25) is 30.3 Å². The first-order valence-corrected chi connectivity index (χ1v) is 8.01. The van der Waals surface area contributed by atoms with E-state index in [0.717, 1.165) is 0 Å². The van der Waals surface area contributed by atoms with Crippen molar-refractivity contribution in [2.75, 3.05) is 23.9 Å². The fourth-order valence-corrected chi connectivity index (χ4v) is 3.28. The molecule has 1 heterocycles. The lowest BCUT2D eigenvalue weighted by atomic mass is 10.0. The van der Waals surface area contributed by atoms with Gasteiger partial charge in [0.2, 0.25) is 0 Å². The summed E-state index contributed by atoms with van der Waals surface area (Å²) in [4.78, 5) is 34.5. The molecule has 0 aliphatic carbocycles. The Balaban J connectivity index is 2.41. The Bertz CT molecular complexity index is 1090. The number of fused-ring (bicyclic) bond motifs is 1. The maximum Gasteiger partial charge on any atom is 0.291 e. The average Bonchev–Trinajstić information content (AvgIpc) is 2.93. The third kappa shape index (κ3) is 2.96. The third-order valence-corrected chi connectivity index (χ3v) is 4.51. The van der Waals surface area contributed by atoms with Crippen LogP contribution in [0.1, 0.15) is 5.56 Å². The van der Waals surface area contributed by atoms with E-state index in [0.29, 0.717) is 23.5 Å². The van der Waals surface area contributed by atoms with E-state index in [2.05, 4.69) is 0 Å². The maximum atomic E-state index is 11.6. The number of benzene rings is 2. The molecule has 2 aromatic carbocycles. The van der Waals surface area contributed by atoms with E-state index >= 15 is 0 Å². The summed E-state index contributed by atoms with van der Waals surface area (Å²) in [5.74, 6) is 0.175. The Kier molecular flexibility index (Phi) is 4.57. The number of rotatable bonds is 4. The summed E-state index contributed by atoms with van der Waals surface area (Å²) in [5.41, 5.74) is -2.17. The van der Waals surface area contributed by atoms with E-state index in [1.54, 1.807) is 48.2 Å². The summed E-state index contributed by atoms with van der Waals surface area (Å²) in [6.45, 7) is 0. The minimum Gasteiger partial charge on any atom is -0.328 e. The number of allylic oxidation sites excluding steroid dienone is 1. The number of nitrogens with zero attached hydrogens (tertiary/aromatic N) is 6. The normalized spacial score (nSPS) is 12.4. The number of hydrogen-bond acceptors (Lipinski definition) is 9. The summed E-state index contributed by atoms with van der Waals surface area (Å²) in [6, 6.07) is 10.1. The van der Waals surface area contributed by atoms with Crippen LogP contribution in [0.4, 0.5) is 28.4 Å². The van der Waals surface area contributed by atoms with Crippen molar-refractivity contribution in [1.82, 2.24) is 0 Å². The lowest BCUT2D eigenvalue weighted by molar-refractivity contribution is -0.403. The summed E-state index contributed by atoms with van der Waals surface area (Å²) in [6.07, 6.45) is 0. The highest BCUT2D eigenvalue weighted by Crippen LogP contribution is 2.45. The van der Waals surface area contributed by atoms with E-state index in [9.17, 15) is 35.6 Å². The summed E-state index contributed by atoms with van der Waals surface area (Å²) >= 11 is 0. The number of nitro groups is 3. The Morgan fingerprint density at radius 2 is 1.34 bits per heavy atom. The molecule has 0 fully saturated rings. The average molecular weight is 396 g/mol. The van der Waals surface area contributed by atoms with Crippen molar-refractivity contribution in [3.8, 4) is 6.07 Å². The zero-order chi connectivity index (χ0) is 21.5. The molecule has 29 heavy (non-hydrogen) atoms. The number of nitriles is 1. The molecule has 1 aliphatic heterocycles. The van der Waals surface area contributed by atoms with Crippen molar-refractivity contribution in [3.05, 3.63) is 78.1 Å². The van der Waals surface area contributed by atoms with E-state index in [1.165, 1.54) is 0 Å². The minimum atomic E-state index is -0.977. The molecular formula is C17H12N6O6. The van der Waals surface area contributed by atoms with Crippen LogP contribution in [-0.4, -0.2) is 28.9 Å². The first kappa shape index (κ1) is 19.2. The van der Waals surface area contributed by atoms with Gasteiger partial charge < -0.3 is 9.80 Å². The van der Waals surface area contributed by atoms with Crippen LogP contribution in [0.2, 0.25) is 0 Å². The topological polar surface area (TPSA) is 160 Å². The number of anilines is 2. The van der Waals surface area contributed by atoms with Crippen LogP contribution in [0.5, 0.6) is 0 Å². The lowest BCUT2D eigenvalue weighted by Gasteiger charge is -2.20. The predicted octanol–water partition coefficient (Wildman–Crippen LogP) is 3.19. The van der Waals surface area contributed by atoms with E-state index < -0.39 is 37.4 Å². The van der Waals surface area contributed by atoms with Crippen molar-refractivity contribution in [2.45, 2.75) is 0 Å². The molecule has 12 heteroatoms. The van der Waals surface area contributed by atoms with Crippen LogP contribution in [0.15, 0.2) is 42.2 Å². The third-order valence-electron chi connectivity index (χ3n) is 4.51. The summed E-state index contributed by atoms with van der Waals surface area (Å²) < 4.78 is 0. The zero-order valence-electron chi connectivity index (χ0n) is 15.1. The fourth-order valence-electron chi connectivity index (χ4n) is 3.28.